The number of benzene rings is 1. The summed E-state index contributed by atoms with van der Waals surface area (Å²) in [4.78, 5) is 0. The molecule has 1 aromatic rings. The lowest BCUT2D eigenvalue weighted by atomic mass is 9.87. The van der Waals surface area contributed by atoms with E-state index in [-0.39, 0.29) is 11.2 Å². The molecule has 1 N–H and O–H groups in total. The van der Waals surface area contributed by atoms with Crippen LogP contribution in [-0.4, -0.2) is 12.9 Å². The molecule has 0 amide bonds. The van der Waals surface area contributed by atoms with Crippen LogP contribution in [0.3, 0.4) is 0 Å². The van der Waals surface area contributed by atoms with Gasteiger partial charge in [0.15, 0.2) is 5.75 Å². The highest BCUT2D eigenvalue weighted by atomic mass is 19.4. The molecule has 0 aromatic heterocycles. The normalized spacial score (nSPS) is 17.8. The van der Waals surface area contributed by atoms with Gasteiger partial charge in [0.1, 0.15) is 0 Å². The molecule has 16 heavy (non-hydrogen) atoms. The molecule has 0 bridgehead atoms. The smallest absolute Gasteiger partial charge is 0.404 e. The number of hydrogen-bond donors (Lipinski definition) is 1. The quantitative estimate of drug-likeness (QED) is 0.800. The maximum atomic E-state index is 12.2. The van der Waals surface area contributed by atoms with Crippen molar-refractivity contribution in [3.63, 3.8) is 0 Å². The number of halogens is 3. The van der Waals surface area contributed by atoms with E-state index in [9.17, 15) is 13.2 Å². The molecule has 0 atom stereocenters. The first-order chi connectivity index (χ1) is 7.30. The molecule has 1 heterocycles. The molecule has 0 radical (unpaired) electrons. The summed E-state index contributed by atoms with van der Waals surface area (Å²) in [5.74, 6) is -0.157. The molecule has 0 saturated carbocycles. The van der Waals surface area contributed by atoms with Crippen LogP contribution >= 0.6 is 0 Å². The number of para-hydroxylation sites is 1. The van der Waals surface area contributed by atoms with Gasteiger partial charge in [0.05, 0.1) is 5.69 Å². The second kappa shape index (κ2) is 3.30. The van der Waals surface area contributed by atoms with Crippen LogP contribution in [0.4, 0.5) is 18.9 Å². The Balaban J connectivity index is 2.40. The molecule has 2 rings (SSSR count). The fourth-order valence-electron chi connectivity index (χ4n) is 1.89. The van der Waals surface area contributed by atoms with E-state index in [2.05, 4.69) is 10.1 Å². The Labute approximate surface area is 91.4 Å². The summed E-state index contributed by atoms with van der Waals surface area (Å²) in [7, 11) is 0. The number of hydrogen-bond acceptors (Lipinski definition) is 2. The Morgan fingerprint density at radius 2 is 2.00 bits per heavy atom. The second-order valence-electron chi connectivity index (χ2n) is 4.46. The molecule has 1 aliphatic heterocycles. The highest BCUT2D eigenvalue weighted by molar-refractivity contribution is 5.68. The number of nitrogens with one attached hydrogen (secondary N) is 1. The van der Waals surface area contributed by atoms with E-state index in [0.717, 1.165) is 5.56 Å². The van der Waals surface area contributed by atoms with Crippen LogP contribution in [0.15, 0.2) is 18.2 Å². The Morgan fingerprint density at radius 3 is 2.62 bits per heavy atom. The van der Waals surface area contributed by atoms with Gasteiger partial charge in [-0.3, -0.25) is 0 Å². The van der Waals surface area contributed by atoms with Gasteiger partial charge in [0.25, 0.3) is 0 Å². The fraction of sp³-hybridized carbons (Fsp3) is 0.455. The van der Waals surface area contributed by atoms with Crippen LogP contribution in [0, 0.1) is 0 Å². The van der Waals surface area contributed by atoms with Crippen LogP contribution in [0.5, 0.6) is 5.75 Å². The van der Waals surface area contributed by atoms with Gasteiger partial charge in [-0.1, -0.05) is 26.0 Å². The van der Waals surface area contributed by atoms with Crippen LogP contribution < -0.4 is 10.1 Å². The van der Waals surface area contributed by atoms with Crippen molar-refractivity contribution >= 4 is 5.69 Å². The summed E-state index contributed by atoms with van der Waals surface area (Å²) in [6, 6.07) is 4.72. The first kappa shape index (κ1) is 11.1. The average molecular weight is 231 g/mol. The molecule has 0 aliphatic carbocycles. The highest BCUT2D eigenvalue weighted by Crippen LogP contribution is 2.43. The van der Waals surface area contributed by atoms with Crippen molar-refractivity contribution in [2.24, 2.45) is 0 Å². The summed E-state index contributed by atoms with van der Waals surface area (Å²) in [5.41, 5.74) is 1.14. The Hall–Kier alpha value is -1.39. The van der Waals surface area contributed by atoms with Crippen molar-refractivity contribution in [2.45, 2.75) is 25.6 Å². The molecular weight excluding hydrogens is 219 g/mol. The van der Waals surface area contributed by atoms with Gasteiger partial charge in [-0.05, 0) is 11.6 Å². The van der Waals surface area contributed by atoms with Crippen molar-refractivity contribution in [3.8, 4) is 5.75 Å². The lowest BCUT2D eigenvalue weighted by Gasteiger charge is -2.17. The Bertz CT molecular complexity index is 412. The highest BCUT2D eigenvalue weighted by Gasteiger charge is 2.36. The molecule has 1 aromatic carbocycles. The molecule has 1 aliphatic rings. The molecular formula is C11H12F3NO. The molecule has 2 nitrogen and oxygen atoms in total. The van der Waals surface area contributed by atoms with Gasteiger partial charge in [0, 0.05) is 12.0 Å². The van der Waals surface area contributed by atoms with Crippen molar-refractivity contribution in [1.82, 2.24) is 0 Å². The van der Waals surface area contributed by atoms with Gasteiger partial charge in [-0.25, -0.2) is 0 Å². The van der Waals surface area contributed by atoms with Crippen LogP contribution in [0.25, 0.3) is 0 Å². The van der Waals surface area contributed by atoms with Crippen molar-refractivity contribution < 1.29 is 17.9 Å². The van der Waals surface area contributed by atoms with Gasteiger partial charge in [0.2, 0.25) is 0 Å². The lowest BCUT2D eigenvalue weighted by Crippen LogP contribution is -2.18. The molecule has 0 unspecified atom stereocenters. The van der Waals surface area contributed by atoms with Gasteiger partial charge >= 0.3 is 6.36 Å². The van der Waals surface area contributed by atoms with Gasteiger partial charge < -0.3 is 10.1 Å². The third kappa shape index (κ3) is 1.94. The molecule has 0 saturated heterocycles. The van der Waals surface area contributed by atoms with E-state index in [1.54, 1.807) is 6.07 Å². The number of rotatable bonds is 1. The molecule has 88 valence electrons. The summed E-state index contributed by atoms with van der Waals surface area (Å²) in [5, 5.41) is 2.96. The maximum absolute atomic E-state index is 12.2. The first-order valence-electron chi connectivity index (χ1n) is 4.93. The summed E-state index contributed by atoms with van der Waals surface area (Å²) in [6.45, 7) is 4.56. The average Bonchev–Trinajstić information content (AvgIpc) is 2.41. The van der Waals surface area contributed by atoms with E-state index in [4.69, 9.17) is 0 Å². The maximum Gasteiger partial charge on any atom is 0.573 e. The molecule has 0 fully saturated rings. The van der Waals surface area contributed by atoms with Crippen LogP contribution in [0.1, 0.15) is 19.4 Å². The second-order valence-corrected chi connectivity index (χ2v) is 4.46. The standard InChI is InChI=1S/C11H12F3NO/c1-10(2)6-15-9-7(10)4-3-5-8(9)16-11(12,13)14/h3-5,15H,6H2,1-2H3. The van der Waals surface area contributed by atoms with Crippen molar-refractivity contribution in [1.29, 1.82) is 0 Å². The van der Waals surface area contributed by atoms with E-state index < -0.39 is 6.36 Å². The first-order valence-corrected chi connectivity index (χ1v) is 4.93. The Kier molecular flexibility index (Phi) is 2.29. The number of fused-ring (bicyclic) bond motifs is 1. The molecule has 0 spiro atoms. The number of anilines is 1. The number of alkyl halides is 3. The van der Waals surface area contributed by atoms with Gasteiger partial charge in [-0.2, -0.15) is 0 Å². The lowest BCUT2D eigenvalue weighted by molar-refractivity contribution is -0.274. The zero-order valence-electron chi connectivity index (χ0n) is 8.98. The third-order valence-electron chi connectivity index (χ3n) is 2.69. The number of ether oxygens (including phenoxy) is 1. The minimum atomic E-state index is -4.65. The van der Waals surface area contributed by atoms with E-state index in [0.29, 0.717) is 12.2 Å². The zero-order valence-corrected chi connectivity index (χ0v) is 8.98. The largest absolute Gasteiger partial charge is 0.573 e. The SMILES string of the molecule is CC1(C)CNc2c(OC(F)(F)F)cccc21. The van der Waals surface area contributed by atoms with Crippen LogP contribution in [0.2, 0.25) is 0 Å². The minimum Gasteiger partial charge on any atom is -0.404 e. The summed E-state index contributed by atoms with van der Waals surface area (Å²) in [6.07, 6.45) is -4.65. The fourth-order valence-corrected chi connectivity index (χ4v) is 1.89. The van der Waals surface area contributed by atoms with Gasteiger partial charge in [-0.15, -0.1) is 13.2 Å². The van der Waals surface area contributed by atoms with E-state index >= 15 is 0 Å². The van der Waals surface area contributed by atoms with E-state index in [1.807, 2.05) is 19.9 Å². The predicted molar refractivity (Wildman–Crippen MR) is 54.6 cm³/mol. The topological polar surface area (TPSA) is 21.3 Å². The van der Waals surface area contributed by atoms with E-state index in [1.165, 1.54) is 6.07 Å². The minimum absolute atomic E-state index is 0.157. The Morgan fingerprint density at radius 1 is 1.31 bits per heavy atom. The van der Waals surface area contributed by atoms with Crippen LogP contribution in [-0.2, 0) is 5.41 Å². The summed E-state index contributed by atoms with van der Waals surface area (Å²) < 4.78 is 40.4. The van der Waals surface area contributed by atoms with Crippen molar-refractivity contribution in [2.75, 3.05) is 11.9 Å². The monoisotopic (exact) mass is 231 g/mol. The molecule has 5 heteroatoms. The zero-order chi connectivity index (χ0) is 12.0. The van der Waals surface area contributed by atoms with Crippen molar-refractivity contribution in [3.05, 3.63) is 23.8 Å². The summed E-state index contributed by atoms with van der Waals surface area (Å²) >= 11 is 0. The predicted octanol–water partition coefficient (Wildman–Crippen LogP) is 3.29. The third-order valence-corrected chi connectivity index (χ3v) is 2.69.